The Bertz CT molecular complexity index is 809. The van der Waals surface area contributed by atoms with Crippen LogP contribution in [0.4, 0.5) is 0 Å². The van der Waals surface area contributed by atoms with Gasteiger partial charge in [-0.05, 0) is 35.2 Å². The van der Waals surface area contributed by atoms with Gasteiger partial charge in [0.15, 0.2) is 0 Å². The molecule has 0 unspecified atom stereocenters. The first kappa shape index (κ1) is 14.0. The van der Waals surface area contributed by atoms with Crippen LogP contribution in [-0.4, -0.2) is 4.98 Å². The van der Waals surface area contributed by atoms with Gasteiger partial charge in [-0.1, -0.05) is 29.8 Å². The van der Waals surface area contributed by atoms with E-state index in [1.54, 1.807) is 23.5 Å². The highest BCUT2D eigenvalue weighted by atomic mass is 35.5. The quantitative estimate of drug-likeness (QED) is 0.588. The maximum atomic E-state index is 9.36. The van der Waals surface area contributed by atoms with E-state index in [-0.39, 0.29) is 0 Å². The molecule has 21 heavy (non-hydrogen) atoms. The van der Waals surface area contributed by atoms with Crippen LogP contribution in [0.3, 0.4) is 0 Å². The monoisotopic (exact) mass is 328 g/mol. The predicted octanol–water partition coefficient (Wildman–Crippen LogP) is 5.59. The van der Waals surface area contributed by atoms with E-state index in [9.17, 15) is 5.26 Å². The molecule has 1 aromatic carbocycles. The summed E-state index contributed by atoms with van der Waals surface area (Å²) in [6.45, 7) is 0. The smallest absolute Gasteiger partial charge is 0.134 e. The van der Waals surface area contributed by atoms with Gasteiger partial charge in [-0.2, -0.15) is 5.26 Å². The van der Waals surface area contributed by atoms with Gasteiger partial charge in [0.05, 0.1) is 16.1 Å². The molecule has 0 bridgehead atoms. The number of benzene rings is 1. The number of thiophene rings is 1. The van der Waals surface area contributed by atoms with Crippen molar-refractivity contribution in [2.24, 2.45) is 0 Å². The first-order chi connectivity index (χ1) is 10.3. The maximum Gasteiger partial charge on any atom is 0.134 e. The molecule has 2 nitrogen and oxygen atoms in total. The van der Waals surface area contributed by atoms with Crippen molar-refractivity contribution in [3.05, 3.63) is 62.8 Å². The Morgan fingerprint density at radius 1 is 1.19 bits per heavy atom. The lowest BCUT2D eigenvalue weighted by molar-refractivity contribution is 1.38. The van der Waals surface area contributed by atoms with Crippen LogP contribution in [0.2, 0.25) is 5.02 Å². The standard InChI is InChI=1S/C16H9ClN2S2/c17-13-5-3-11(4-6-13)8-12(9-18)16-19-14(10-21-16)15-2-1-7-20-15/h1-8,10H. The fraction of sp³-hybridized carbons (Fsp3) is 0. The van der Waals surface area contributed by atoms with Gasteiger partial charge in [0, 0.05) is 10.4 Å². The largest absolute Gasteiger partial charge is 0.234 e. The van der Waals surface area contributed by atoms with Crippen molar-refractivity contribution < 1.29 is 0 Å². The Labute approximate surface area is 135 Å². The second-order valence-corrected chi connectivity index (χ2v) is 6.48. The SMILES string of the molecule is N#CC(=Cc1ccc(Cl)cc1)c1nc(-c2cccs2)cs1. The van der Waals surface area contributed by atoms with E-state index in [4.69, 9.17) is 11.6 Å². The van der Waals surface area contributed by atoms with Crippen molar-refractivity contribution in [2.45, 2.75) is 0 Å². The summed E-state index contributed by atoms with van der Waals surface area (Å²) in [6.07, 6.45) is 1.83. The van der Waals surface area contributed by atoms with E-state index in [2.05, 4.69) is 11.1 Å². The van der Waals surface area contributed by atoms with Crippen molar-refractivity contribution in [1.29, 1.82) is 5.26 Å². The predicted molar refractivity (Wildman–Crippen MR) is 90.4 cm³/mol. The molecular weight excluding hydrogens is 320 g/mol. The molecule has 2 aromatic heterocycles. The van der Waals surface area contributed by atoms with Crippen molar-refractivity contribution in [3.63, 3.8) is 0 Å². The van der Waals surface area contributed by atoms with Crippen LogP contribution in [0, 0.1) is 11.3 Å². The van der Waals surface area contributed by atoms with E-state index in [0.29, 0.717) is 10.6 Å². The van der Waals surface area contributed by atoms with E-state index >= 15 is 0 Å². The number of hydrogen-bond donors (Lipinski definition) is 0. The molecule has 0 amide bonds. The van der Waals surface area contributed by atoms with Crippen LogP contribution < -0.4 is 0 Å². The van der Waals surface area contributed by atoms with Crippen LogP contribution in [0.15, 0.2) is 47.2 Å². The van der Waals surface area contributed by atoms with Crippen molar-refractivity contribution in [2.75, 3.05) is 0 Å². The third-order valence-electron chi connectivity index (χ3n) is 2.81. The number of aromatic nitrogens is 1. The van der Waals surface area contributed by atoms with Crippen LogP contribution in [0.1, 0.15) is 10.6 Å². The summed E-state index contributed by atoms with van der Waals surface area (Å²) in [5.74, 6) is 0. The highest BCUT2D eigenvalue weighted by Crippen LogP contribution is 2.29. The average molecular weight is 329 g/mol. The second-order valence-electron chi connectivity index (χ2n) is 4.24. The van der Waals surface area contributed by atoms with Crippen LogP contribution in [0.25, 0.3) is 22.2 Å². The van der Waals surface area contributed by atoms with Crippen LogP contribution >= 0.6 is 34.3 Å². The molecule has 102 valence electrons. The first-order valence-corrected chi connectivity index (χ1v) is 8.27. The summed E-state index contributed by atoms with van der Waals surface area (Å²) in [4.78, 5) is 5.66. The zero-order valence-electron chi connectivity index (χ0n) is 10.8. The zero-order valence-corrected chi connectivity index (χ0v) is 13.2. The number of nitrogens with zero attached hydrogens (tertiary/aromatic N) is 2. The molecule has 0 fully saturated rings. The molecule has 0 aliphatic rings. The molecule has 0 N–H and O–H groups in total. The number of thiazole rings is 1. The number of rotatable bonds is 3. The minimum atomic E-state index is 0.560. The van der Waals surface area contributed by atoms with Gasteiger partial charge < -0.3 is 0 Å². The Balaban J connectivity index is 1.94. The van der Waals surface area contributed by atoms with Gasteiger partial charge in [0.25, 0.3) is 0 Å². The molecule has 0 radical (unpaired) electrons. The zero-order chi connectivity index (χ0) is 14.7. The number of hydrogen-bond acceptors (Lipinski definition) is 4. The Kier molecular flexibility index (Phi) is 4.16. The van der Waals surface area contributed by atoms with Crippen molar-refractivity contribution >= 4 is 45.9 Å². The third-order valence-corrected chi connectivity index (χ3v) is 4.83. The third kappa shape index (κ3) is 3.22. The van der Waals surface area contributed by atoms with Gasteiger partial charge in [0.1, 0.15) is 11.1 Å². The van der Waals surface area contributed by atoms with Crippen molar-refractivity contribution in [1.82, 2.24) is 4.98 Å². The molecule has 0 saturated heterocycles. The minimum Gasteiger partial charge on any atom is -0.234 e. The average Bonchev–Trinajstić information content (AvgIpc) is 3.17. The molecule has 0 atom stereocenters. The topological polar surface area (TPSA) is 36.7 Å². The molecule has 0 spiro atoms. The summed E-state index contributed by atoms with van der Waals surface area (Å²) < 4.78 is 0. The minimum absolute atomic E-state index is 0.560. The van der Waals surface area contributed by atoms with E-state index in [1.165, 1.54) is 11.3 Å². The van der Waals surface area contributed by atoms with Gasteiger partial charge in [0.2, 0.25) is 0 Å². The van der Waals surface area contributed by atoms with E-state index in [0.717, 1.165) is 21.1 Å². The van der Waals surface area contributed by atoms with Crippen molar-refractivity contribution in [3.8, 4) is 16.6 Å². The summed E-state index contributed by atoms with van der Waals surface area (Å²) in [6, 6.07) is 13.6. The summed E-state index contributed by atoms with van der Waals surface area (Å²) >= 11 is 8.99. The summed E-state index contributed by atoms with van der Waals surface area (Å²) in [7, 11) is 0. The molecule has 3 rings (SSSR count). The lowest BCUT2D eigenvalue weighted by Crippen LogP contribution is -1.81. The van der Waals surface area contributed by atoms with E-state index < -0.39 is 0 Å². The Morgan fingerprint density at radius 2 is 2.00 bits per heavy atom. The van der Waals surface area contributed by atoms with Crippen LogP contribution in [-0.2, 0) is 0 Å². The first-order valence-electron chi connectivity index (χ1n) is 6.13. The fourth-order valence-electron chi connectivity index (χ4n) is 1.80. The molecule has 5 heteroatoms. The van der Waals surface area contributed by atoms with Gasteiger partial charge in [-0.3, -0.25) is 0 Å². The Morgan fingerprint density at radius 3 is 2.67 bits per heavy atom. The summed E-state index contributed by atoms with van der Waals surface area (Å²) in [5, 5.41) is 14.8. The normalized spacial score (nSPS) is 11.3. The molecule has 3 aromatic rings. The molecular formula is C16H9ClN2S2. The van der Waals surface area contributed by atoms with Gasteiger partial charge in [-0.25, -0.2) is 4.98 Å². The van der Waals surface area contributed by atoms with Gasteiger partial charge in [-0.15, -0.1) is 22.7 Å². The lowest BCUT2D eigenvalue weighted by atomic mass is 10.1. The molecule has 0 aliphatic heterocycles. The molecule has 2 heterocycles. The highest BCUT2D eigenvalue weighted by Gasteiger charge is 2.09. The number of nitriles is 1. The highest BCUT2D eigenvalue weighted by molar-refractivity contribution is 7.14. The summed E-state index contributed by atoms with van der Waals surface area (Å²) in [5.41, 5.74) is 2.41. The Hall–Kier alpha value is -1.93. The fourth-order valence-corrected chi connectivity index (χ4v) is 3.47. The number of halogens is 1. The van der Waals surface area contributed by atoms with Crippen LogP contribution in [0.5, 0.6) is 0 Å². The van der Waals surface area contributed by atoms with E-state index in [1.807, 2.05) is 41.1 Å². The lowest BCUT2D eigenvalue weighted by Gasteiger charge is -1.96. The molecule has 0 aliphatic carbocycles. The van der Waals surface area contributed by atoms with Gasteiger partial charge >= 0.3 is 0 Å². The maximum absolute atomic E-state index is 9.36. The number of allylic oxidation sites excluding steroid dienone is 1. The molecule has 0 saturated carbocycles. The second kappa shape index (κ2) is 6.23.